The minimum absolute atomic E-state index is 0.0258. The molecule has 18 heavy (non-hydrogen) atoms. The van der Waals surface area contributed by atoms with Crippen LogP contribution < -0.4 is 11.1 Å². The molecule has 4 N–H and O–H groups in total. The normalized spacial score (nSPS) is 20.9. The number of amidine groups is 1. The number of pyridine rings is 1. The maximum Gasteiger partial charge on any atom is 0.188 e. The van der Waals surface area contributed by atoms with Crippen molar-refractivity contribution in [3.05, 3.63) is 29.6 Å². The molecule has 0 bridgehead atoms. The molecule has 98 valence electrons. The third-order valence-electron chi connectivity index (χ3n) is 2.95. The van der Waals surface area contributed by atoms with E-state index in [1.54, 1.807) is 6.20 Å². The van der Waals surface area contributed by atoms with Gasteiger partial charge in [-0.15, -0.1) is 0 Å². The van der Waals surface area contributed by atoms with Gasteiger partial charge >= 0.3 is 0 Å². The molecule has 0 saturated carbocycles. The van der Waals surface area contributed by atoms with Gasteiger partial charge in [-0.1, -0.05) is 5.16 Å². The summed E-state index contributed by atoms with van der Waals surface area (Å²) in [6.07, 6.45) is 3.89. The summed E-state index contributed by atoms with van der Waals surface area (Å²) in [6.45, 7) is 2.35. The van der Waals surface area contributed by atoms with Crippen molar-refractivity contribution in [2.75, 3.05) is 13.2 Å². The zero-order chi connectivity index (χ0) is 12.8. The number of aromatic nitrogens is 1. The van der Waals surface area contributed by atoms with Crippen molar-refractivity contribution < 1.29 is 9.94 Å². The molecule has 1 fully saturated rings. The average Bonchev–Trinajstić information content (AvgIpc) is 2.45. The highest BCUT2D eigenvalue weighted by Crippen LogP contribution is 2.08. The Morgan fingerprint density at radius 3 is 3.28 bits per heavy atom. The zero-order valence-corrected chi connectivity index (χ0v) is 10.2. The number of hydrogen-bond donors (Lipinski definition) is 3. The second-order valence-corrected chi connectivity index (χ2v) is 4.33. The maximum atomic E-state index is 8.60. The number of nitrogens with two attached hydrogens (primary N) is 1. The molecule has 1 aromatic rings. The van der Waals surface area contributed by atoms with Gasteiger partial charge in [-0.2, -0.15) is 0 Å². The van der Waals surface area contributed by atoms with Crippen molar-refractivity contribution in [1.29, 1.82) is 0 Å². The van der Waals surface area contributed by atoms with Gasteiger partial charge in [0.1, 0.15) is 5.69 Å². The summed E-state index contributed by atoms with van der Waals surface area (Å²) < 4.78 is 5.40. The van der Waals surface area contributed by atoms with Gasteiger partial charge < -0.3 is 21.0 Å². The Hall–Kier alpha value is -1.66. The molecule has 6 nitrogen and oxygen atoms in total. The summed E-state index contributed by atoms with van der Waals surface area (Å²) in [4.78, 5) is 4.04. The van der Waals surface area contributed by atoms with Crippen LogP contribution in [0.15, 0.2) is 23.5 Å². The number of nitrogens with one attached hydrogen (secondary N) is 1. The largest absolute Gasteiger partial charge is 0.409 e. The van der Waals surface area contributed by atoms with Crippen molar-refractivity contribution in [3.8, 4) is 0 Å². The van der Waals surface area contributed by atoms with Crippen LogP contribution in [0.1, 0.15) is 24.1 Å². The first-order chi connectivity index (χ1) is 8.79. The summed E-state index contributed by atoms with van der Waals surface area (Å²) >= 11 is 0. The van der Waals surface area contributed by atoms with Crippen LogP contribution in [-0.4, -0.2) is 35.3 Å². The van der Waals surface area contributed by atoms with Crippen molar-refractivity contribution in [2.45, 2.75) is 25.4 Å². The van der Waals surface area contributed by atoms with Crippen LogP contribution in [0.5, 0.6) is 0 Å². The van der Waals surface area contributed by atoms with Crippen molar-refractivity contribution in [3.63, 3.8) is 0 Å². The fourth-order valence-corrected chi connectivity index (χ4v) is 1.94. The van der Waals surface area contributed by atoms with Crippen LogP contribution in [0, 0.1) is 0 Å². The number of ether oxygens (including phenoxy) is 1. The lowest BCUT2D eigenvalue weighted by atomic mass is 10.1. The molecule has 2 rings (SSSR count). The van der Waals surface area contributed by atoms with Gasteiger partial charge in [0.2, 0.25) is 0 Å². The number of oxime groups is 1. The Morgan fingerprint density at radius 1 is 1.67 bits per heavy atom. The van der Waals surface area contributed by atoms with Gasteiger partial charge in [-0.25, -0.2) is 0 Å². The monoisotopic (exact) mass is 250 g/mol. The summed E-state index contributed by atoms with van der Waals surface area (Å²) in [5, 5.41) is 15.0. The number of rotatable bonds is 4. The summed E-state index contributed by atoms with van der Waals surface area (Å²) in [7, 11) is 0. The molecule has 0 radical (unpaired) electrons. The fourth-order valence-electron chi connectivity index (χ4n) is 1.94. The number of nitrogens with zero attached hydrogens (tertiary/aromatic N) is 2. The second kappa shape index (κ2) is 6.32. The van der Waals surface area contributed by atoms with E-state index in [2.05, 4.69) is 15.5 Å². The first-order valence-corrected chi connectivity index (χ1v) is 6.03. The van der Waals surface area contributed by atoms with Gasteiger partial charge in [0.15, 0.2) is 5.84 Å². The van der Waals surface area contributed by atoms with E-state index in [-0.39, 0.29) is 5.84 Å². The second-order valence-electron chi connectivity index (χ2n) is 4.33. The predicted molar refractivity (Wildman–Crippen MR) is 67.4 cm³/mol. The van der Waals surface area contributed by atoms with Crippen molar-refractivity contribution in [1.82, 2.24) is 10.3 Å². The molecular weight excluding hydrogens is 232 g/mol. The molecule has 1 aliphatic heterocycles. The molecule has 0 spiro atoms. The van der Waals surface area contributed by atoms with Gasteiger partial charge in [0.05, 0.1) is 6.61 Å². The lowest BCUT2D eigenvalue weighted by Crippen LogP contribution is -2.36. The lowest BCUT2D eigenvalue weighted by Gasteiger charge is -2.23. The van der Waals surface area contributed by atoms with E-state index in [0.29, 0.717) is 11.7 Å². The highest BCUT2D eigenvalue weighted by atomic mass is 16.5. The van der Waals surface area contributed by atoms with E-state index in [0.717, 1.165) is 38.2 Å². The number of hydrogen-bond acceptors (Lipinski definition) is 5. The molecule has 1 saturated heterocycles. The van der Waals surface area contributed by atoms with Crippen LogP contribution in [0.2, 0.25) is 0 Å². The smallest absolute Gasteiger partial charge is 0.188 e. The van der Waals surface area contributed by atoms with Gasteiger partial charge in [-0.3, -0.25) is 4.98 Å². The van der Waals surface area contributed by atoms with Crippen LogP contribution in [-0.2, 0) is 11.3 Å². The van der Waals surface area contributed by atoms with Crippen LogP contribution in [0.25, 0.3) is 0 Å². The minimum Gasteiger partial charge on any atom is -0.409 e. The maximum absolute atomic E-state index is 8.60. The molecular formula is C12H18N4O2. The Balaban J connectivity index is 1.92. The summed E-state index contributed by atoms with van der Waals surface area (Å²) in [5.74, 6) is 0.0258. The van der Waals surface area contributed by atoms with E-state index in [1.165, 1.54) is 0 Å². The molecule has 2 heterocycles. The lowest BCUT2D eigenvalue weighted by molar-refractivity contribution is 0.0699. The van der Waals surface area contributed by atoms with E-state index < -0.39 is 0 Å². The molecule has 1 aliphatic rings. The third kappa shape index (κ3) is 3.41. The minimum atomic E-state index is 0.0258. The zero-order valence-electron chi connectivity index (χ0n) is 10.2. The van der Waals surface area contributed by atoms with Crippen LogP contribution >= 0.6 is 0 Å². The molecule has 0 amide bonds. The van der Waals surface area contributed by atoms with Crippen LogP contribution in [0.3, 0.4) is 0 Å². The van der Waals surface area contributed by atoms with Gasteiger partial charge in [0.25, 0.3) is 0 Å². The van der Waals surface area contributed by atoms with Crippen molar-refractivity contribution in [2.24, 2.45) is 10.9 Å². The van der Waals surface area contributed by atoms with E-state index in [4.69, 9.17) is 15.7 Å². The summed E-state index contributed by atoms with van der Waals surface area (Å²) in [6, 6.07) is 4.12. The first kappa shape index (κ1) is 12.8. The molecule has 6 heteroatoms. The quantitative estimate of drug-likeness (QED) is 0.312. The van der Waals surface area contributed by atoms with E-state index >= 15 is 0 Å². The molecule has 1 atom stereocenters. The van der Waals surface area contributed by atoms with Gasteiger partial charge in [-0.05, 0) is 30.5 Å². The molecule has 1 unspecified atom stereocenters. The topological polar surface area (TPSA) is 92.8 Å². The predicted octanol–water partition coefficient (Wildman–Crippen LogP) is 0.445. The third-order valence-corrected chi connectivity index (χ3v) is 2.95. The van der Waals surface area contributed by atoms with Crippen molar-refractivity contribution >= 4 is 5.84 Å². The Morgan fingerprint density at radius 2 is 2.56 bits per heavy atom. The molecule has 0 aliphatic carbocycles. The highest BCUT2D eigenvalue weighted by Gasteiger charge is 2.13. The first-order valence-electron chi connectivity index (χ1n) is 6.03. The Bertz CT molecular complexity index is 416. The standard InChI is InChI=1S/C12H18N4O2/c13-12(16-17)11-6-9(3-4-14-11)7-15-10-2-1-5-18-8-10/h3-4,6,10,15,17H,1-2,5,7-8H2,(H2,13,16). The summed E-state index contributed by atoms with van der Waals surface area (Å²) in [5.41, 5.74) is 7.04. The average molecular weight is 250 g/mol. The Kier molecular flexibility index (Phi) is 4.49. The highest BCUT2D eigenvalue weighted by molar-refractivity contribution is 5.95. The fraction of sp³-hybridized carbons (Fsp3) is 0.500. The Labute approximate surface area is 106 Å². The molecule has 1 aromatic heterocycles. The van der Waals surface area contributed by atoms with E-state index in [1.807, 2.05) is 12.1 Å². The molecule has 0 aromatic carbocycles. The van der Waals surface area contributed by atoms with E-state index in [9.17, 15) is 0 Å². The van der Waals surface area contributed by atoms with Crippen LogP contribution in [0.4, 0.5) is 0 Å². The van der Waals surface area contributed by atoms with Gasteiger partial charge in [0, 0.05) is 25.4 Å². The SMILES string of the molecule is NC(=NO)c1cc(CNC2CCCOC2)ccn1.